The summed E-state index contributed by atoms with van der Waals surface area (Å²) in [6.45, 7) is 0.861. The Bertz CT molecular complexity index is 649. The molecule has 1 atom stereocenters. The first kappa shape index (κ1) is 14.0. The van der Waals surface area contributed by atoms with E-state index in [1.807, 2.05) is 0 Å². The lowest BCUT2D eigenvalue weighted by Crippen LogP contribution is -2.32. The minimum atomic E-state index is 0.197. The number of aromatic nitrogens is 1. The zero-order chi connectivity index (χ0) is 14.3. The molecule has 2 heterocycles. The van der Waals surface area contributed by atoms with E-state index in [0.717, 1.165) is 6.42 Å². The molecule has 1 spiro atoms. The van der Waals surface area contributed by atoms with Gasteiger partial charge in [-0.05, 0) is 24.5 Å². The molecule has 1 saturated heterocycles. The van der Waals surface area contributed by atoms with Crippen LogP contribution < -0.4 is 5.32 Å². The van der Waals surface area contributed by atoms with Crippen molar-refractivity contribution < 1.29 is 5.11 Å². The minimum absolute atomic E-state index is 0.197. The second-order valence-corrected chi connectivity index (χ2v) is 8.72. The van der Waals surface area contributed by atoms with Gasteiger partial charge in [-0.15, -0.1) is 23.5 Å². The summed E-state index contributed by atoms with van der Waals surface area (Å²) in [4.78, 5) is 3.71. The van der Waals surface area contributed by atoms with Crippen molar-refractivity contribution in [1.82, 2.24) is 10.3 Å². The zero-order valence-corrected chi connectivity index (χ0v) is 13.5. The van der Waals surface area contributed by atoms with Crippen LogP contribution in [0.1, 0.15) is 30.1 Å². The van der Waals surface area contributed by atoms with Gasteiger partial charge in [0.2, 0.25) is 0 Å². The quantitative estimate of drug-likeness (QED) is 0.813. The van der Waals surface area contributed by atoms with Gasteiger partial charge in [0.25, 0.3) is 0 Å². The van der Waals surface area contributed by atoms with E-state index in [2.05, 4.69) is 58.1 Å². The maximum Gasteiger partial charge on any atom is 0.101 e. The lowest BCUT2D eigenvalue weighted by atomic mass is 9.90. The van der Waals surface area contributed by atoms with Crippen LogP contribution in [0.5, 0.6) is 0 Å². The Morgan fingerprint density at radius 1 is 1.29 bits per heavy atom. The minimum Gasteiger partial charge on any atom is -0.395 e. The van der Waals surface area contributed by atoms with Gasteiger partial charge >= 0.3 is 0 Å². The van der Waals surface area contributed by atoms with E-state index in [1.165, 1.54) is 40.1 Å². The van der Waals surface area contributed by atoms with Gasteiger partial charge in [-0.2, -0.15) is 0 Å². The van der Waals surface area contributed by atoms with Gasteiger partial charge in [-0.25, -0.2) is 0 Å². The highest BCUT2D eigenvalue weighted by Gasteiger charge is 2.45. The third-order valence-electron chi connectivity index (χ3n) is 4.49. The summed E-state index contributed by atoms with van der Waals surface area (Å²) in [5, 5.41) is 14.0. The van der Waals surface area contributed by atoms with Crippen molar-refractivity contribution in [3.63, 3.8) is 0 Å². The van der Waals surface area contributed by atoms with Gasteiger partial charge in [0, 0.05) is 40.7 Å². The highest BCUT2D eigenvalue weighted by Crippen LogP contribution is 2.60. The molecule has 0 radical (unpaired) electrons. The van der Waals surface area contributed by atoms with Crippen molar-refractivity contribution in [2.75, 3.05) is 24.7 Å². The van der Waals surface area contributed by atoms with E-state index in [4.69, 9.17) is 5.11 Å². The van der Waals surface area contributed by atoms with E-state index in [-0.39, 0.29) is 10.7 Å². The van der Waals surface area contributed by atoms with Crippen LogP contribution in [0.15, 0.2) is 24.3 Å². The SMILES string of the molecule is OCCNC1CCC2(SCCS2)c2[nH]c3ccccc3c21. The summed E-state index contributed by atoms with van der Waals surface area (Å²) in [5.41, 5.74) is 4.10. The number of hydrogen-bond donors (Lipinski definition) is 3. The molecule has 3 N–H and O–H groups in total. The number of nitrogens with one attached hydrogen (secondary N) is 2. The number of fused-ring (bicyclic) bond motifs is 4. The van der Waals surface area contributed by atoms with E-state index in [1.54, 1.807) is 0 Å². The van der Waals surface area contributed by atoms with E-state index >= 15 is 0 Å². The molecule has 112 valence electrons. The Morgan fingerprint density at radius 3 is 2.90 bits per heavy atom. The normalized spacial score (nSPS) is 23.8. The molecule has 1 aliphatic heterocycles. The molecule has 2 aliphatic rings. The number of para-hydroxylation sites is 1. The molecule has 1 aromatic carbocycles. The third-order valence-corrected chi connectivity index (χ3v) is 8.03. The first-order valence-electron chi connectivity index (χ1n) is 7.57. The molecular formula is C16H20N2OS2. The Morgan fingerprint density at radius 2 is 2.10 bits per heavy atom. The van der Waals surface area contributed by atoms with Crippen molar-refractivity contribution in [3.05, 3.63) is 35.5 Å². The first-order chi connectivity index (χ1) is 10.3. The van der Waals surface area contributed by atoms with Crippen molar-refractivity contribution in [1.29, 1.82) is 0 Å². The monoisotopic (exact) mass is 320 g/mol. The second kappa shape index (κ2) is 5.54. The van der Waals surface area contributed by atoms with E-state index in [0.29, 0.717) is 12.6 Å². The van der Waals surface area contributed by atoms with Crippen LogP contribution in [0, 0.1) is 0 Å². The molecule has 1 aromatic heterocycles. The summed E-state index contributed by atoms with van der Waals surface area (Å²) in [7, 11) is 0. The average molecular weight is 320 g/mol. The fraction of sp³-hybridized carbons (Fsp3) is 0.500. The van der Waals surface area contributed by atoms with Crippen molar-refractivity contribution >= 4 is 34.4 Å². The Balaban J connectivity index is 1.86. The highest BCUT2D eigenvalue weighted by molar-refractivity contribution is 8.20. The molecule has 4 rings (SSSR count). The predicted octanol–water partition coefficient (Wildman–Crippen LogP) is 3.22. The molecule has 1 aliphatic carbocycles. The van der Waals surface area contributed by atoms with Crippen molar-refractivity contribution in [3.8, 4) is 0 Å². The zero-order valence-electron chi connectivity index (χ0n) is 11.9. The number of aliphatic hydroxyl groups excluding tert-OH is 1. The molecular weight excluding hydrogens is 300 g/mol. The number of aromatic amines is 1. The largest absolute Gasteiger partial charge is 0.395 e. The molecule has 3 nitrogen and oxygen atoms in total. The van der Waals surface area contributed by atoms with Gasteiger partial charge in [-0.1, -0.05) is 18.2 Å². The molecule has 1 unspecified atom stereocenters. The fourth-order valence-corrected chi connectivity index (χ4v) is 6.91. The van der Waals surface area contributed by atoms with Crippen molar-refractivity contribution in [2.24, 2.45) is 0 Å². The predicted molar refractivity (Wildman–Crippen MR) is 92.0 cm³/mol. The molecule has 0 saturated carbocycles. The molecule has 2 aromatic rings. The number of aliphatic hydroxyl groups is 1. The van der Waals surface area contributed by atoms with Gasteiger partial charge in [-0.3, -0.25) is 0 Å². The van der Waals surface area contributed by atoms with Crippen LogP contribution in [-0.2, 0) is 4.08 Å². The van der Waals surface area contributed by atoms with Crippen LogP contribution in [0.2, 0.25) is 0 Å². The number of benzene rings is 1. The fourth-order valence-electron chi connectivity index (χ4n) is 3.62. The van der Waals surface area contributed by atoms with Gasteiger partial charge in [0.1, 0.15) is 4.08 Å². The maximum absolute atomic E-state index is 9.14. The van der Waals surface area contributed by atoms with Crippen LogP contribution >= 0.6 is 23.5 Å². The molecule has 0 amide bonds. The number of thioether (sulfide) groups is 2. The summed E-state index contributed by atoms with van der Waals surface area (Å²) >= 11 is 4.21. The maximum atomic E-state index is 9.14. The Labute approximate surface area is 133 Å². The number of H-pyrrole nitrogens is 1. The van der Waals surface area contributed by atoms with Crippen molar-refractivity contribution in [2.45, 2.75) is 23.0 Å². The van der Waals surface area contributed by atoms with Crippen LogP contribution in [-0.4, -0.2) is 34.7 Å². The molecule has 5 heteroatoms. The Hall–Kier alpha value is -0.620. The molecule has 0 bridgehead atoms. The van der Waals surface area contributed by atoms with Crippen LogP contribution in [0.25, 0.3) is 10.9 Å². The molecule has 21 heavy (non-hydrogen) atoms. The molecule has 1 fully saturated rings. The number of rotatable bonds is 3. The summed E-state index contributed by atoms with van der Waals surface area (Å²) in [6.07, 6.45) is 2.35. The van der Waals surface area contributed by atoms with E-state index in [9.17, 15) is 0 Å². The second-order valence-electron chi connectivity index (χ2n) is 5.68. The lowest BCUT2D eigenvalue weighted by molar-refractivity contribution is 0.280. The Kier molecular flexibility index (Phi) is 3.69. The van der Waals surface area contributed by atoms with E-state index < -0.39 is 0 Å². The van der Waals surface area contributed by atoms with Crippen LogP contribution in [0.3, 0.4) is 0 Å². The summed E-state index contributed by atoms with van der Waals surface area (Å²) in [5.74, 6) is 2.49. The number of hydrogen-bond acceptors (Lipinski definition) is 4. The van der Waals surface area contributed by atoms with Gasteiger partial charge in [0.15, 0.2) is 0 Å². The van der Waals surface area contributed by atoms with Crippen LogP contribution in [0.4, 0.5) is 0 Å². The third kappa shape index (κ3) is 2.22. The lowest BCUT2D eigenvalue weighted by Gasteiger charge is -2.36. The standard InChI is InChI=1S/C16H20N2OS2/c19-8-7-17-13-5-6-16(20-9-10-21-16)15-14(13)11-3-1-2-4-12(11)18-15/h1-4,13,17-19H,5-10H2. The topological polar surface area (TPSA) is 48.0 Å². The van der Waals surface area contributed by atoms with Gasteiger partial charge < -0.3 is 15.4 Å². The first-order valence-corrected chi connectivity index (χ1v) is 9.54. The smallest absolute Gasteiger partial charge is 0.101 e. The highest BCUT2D eigenvalue weighted by atomic mass is 32.2. The summed E-state index contributed by atoms with van der Waals surface area (Å²) < 4.78 is 0.228. The van der Waals surface area contributed by atoms with Gasteiger partial charge in [0.05, 0.1) is 6.61 Å². The summed E-state index contributed by atoms with van der Waals surface area (Å²) in [6, 6.07) is 8.98. The average Bonchev–Trinajstić information content (AvgIpc) is 3.13.